The maximum atomic E-state index is 12.2. The minimum absolute atomic E-state index is 0.170. The van der Waals surface area contributed by atoms with Crippen LogP contribution in [0.2, 0.25) is 5.02 Å². The summed E-state index contributed by atoms with van der Waals surface area (Å²) in [4.78, 5) is 0.170. The second-order valence-corrected chi connectivity index (χ2v) is 6.13. The summed E-state index contributed by atoms with van der Waals surface area (Å²) >= 11 is 5.83. The first-order valence-corrected chi connectivity index (χ1v) is 6.75. The van der Waals surface area contributed by atoms with E-state index in [1.165, 1.54) is 23.5 Å². The number of likely N-dealkylation sites (N-methyl/N-ethyl adjacent to an activating group) is 1. The SMILES string of the molecule is C=CCN(C)S(=O)(=O)c1cc(N)c(Cl)cc1C. The number of hydrogen-bond donors (Lipinski definition) is 1. The third kappa shape index (κ3) is 2.80. The van der Waals surface area contributed by atoms with Gasteiger partial charge in [0.15, 0.2) is 0 Å². The van der Waals surface area contributed by atoms with Crippen molar-refractivity contribution < 1.29 is 8.42 Å². The van der Waals surface area contributed by atoms with Gasteiger partial charge in [-0.1, -0.05) is 17.7 Å². The van der Waals surface area contributed by atoms with E-state index in [2.05, 4.69) is 6.58 Å². The number of rotatable bonds is 4. The fraction of sp³-hybridized carbons (Fsp3) is 0.273. The Morgan fingerprint density at radius 1 is 1.53 bits per heavy atom. The summed E-state index contributed by atoms with van der Waals surface area (Å²) in [5.74, 6) is 0. The van der Waals surface area contributed by atoms with Crippen molar-refractivity contribution in [3.63, 3.8) is 0 Å². The van der Waals surface area contributed by atoms with Gasteiger partial charge in [0.25, 0.3) is 0 Å². The smallest absolute Gasteiger partial charge is 0.243 e. The van der Waals surface area contributed by atoms with E-state index >= 15 is 0 Å². The summed E-state index contributed by atoms with van der Waals surface area (Å²) in [7, 11) is -2.06. The maximum absolute atomic E-state index is 12.2. The fourth-order valence-corrected chi connectivity index (χ4v) is 2.99. The molecule has 0 bridgehead atoms. The highest BCUT2D eigenvalue weighted by Gasteiger charge is 2.22. The molecule has 0 amide bonds. The Kier molecular flexibility index (Phi) is 4.19. The summed E-state index contributed by atoms with van der Waals surface area (Å²) in [5, 5.41) is 0.354. The molecule has 94 valence electrons. The monoisotopic (exact) mass is 274 g/mol. The van der Waals surface area contributed by atoms with Gasteiger partial charge in [-0.25, -0.2) is 8.42 Å². The molecule has 0 atom stereocenters. The number of anilines is 1. The number of hydrogen-bond acceptors (Lipinski definition) is 3. The highest BCUT2D eigenvalue weighted by atomic mass is 35.5. The van der Waals surface area contributed by atoms with E-state index < -0.39 is 10.0 Å². The molecule has 0 heterocycles. The van der Waals surface area contributed by atoms with Crippen LogP contribution in [-0.2, 0) is 10.0 Å². The van der Waals surface area contributed by atoms with Crippen molar-refractivity contribution in [2.45, 2.75) is 11.8 Å². The zero-order valence-electron chi connectivity index (χ0n) is 9.77. The minimum Gasteiger partial charge on any atom is -0.397 e. The highest BCUT2D eigenvalue weighted by molar-refractivity contribution is 7.89. The van der Waals surface area contributed by atoms with E-state index in [4.69, 9.17) is 17.3 Å². The Morgan fingerprint density at radius 3 is 2.65 bits per heavy atom. The van der Waals surface area contributed by atoms with E-state index in [0.29, 0.717) is 10.6 Å². The number of aryl methyl sites for hydroxylation is 1. The molecule has 0 aliphatic carbocycles. The molecule has 0 aliphatic heterocycles. The van der Waals surface area contributed by atoms with Crippen molar-refractivity contribution in [2.24, 2.45) is 0 Å². The molecule has 1 aromatic rings. The van der Waals surface area contributed by atoms with Crippen molar-refractivity contribution >= 4 is 27.3 Å². The van der Waals surface area contributed by atoms with Crippen LogP contribution in [0.5, 0.6) is 0 Å². The van der Waals surface area contributed by atoms with Crippen LogP contribution < -0.4 is 5.73 Å². The van der Waals surface area contributed by atoms with Gasteiger partial charge >= 0.3 is 0 Å². The third-order valence-electron chi connectivity index (χ3n) is 2.37. The average molecular weight is 275 g/mol. The zero-order valence-corrected chi connectivity index (χ0v) is 11.3. The van der Waals surface area contributed by atoms with Gasteiger partial charge < -0.3 is 5.73 Å². The zero-order chi connectivity index (χ0) is 13.2. The Balaban J connectivity index is 3.34. The summed E-state index contributed by atoms with van der Waals surface area (Å²) in [6.07, 6.45) is 1.52. The lowest BCUT2D eigenvalue weighted by molar-refractivity contribution is 0.499. The molecular weight excluding hydrogens is 260 g/mol. The summed E-state index contributed by atoms with van der Waals surface area (Å²) in [6.45, 7) is 5.43. The number of halogens is 1. The van der Waals surface area contributed by atoms with Crippen molar-refractivity contribution in [2.75, 3.05) is 19.3 Å². The molecule has 0 aromatic heterocycles. The van der Waals surface area contributed by atoms with Crippen LogP contribution in [0.15, 0.2) is 29.7 Å². The fourth-order valence-electron chi connectivity index (χ4n) is 1.39. The Labute approximate surface area is 107 Å². The summed E-state index contributed by atoms with van der Waals surface area (Å²) < 4.78 is 25.6. The summed E-state index contributed by atoms with van der Waals surface area (Å²) in [6, 6.07) is 2.93. The number of benzene rings is 1. The topological polar surface area (TPSA) is 63.4 Å². The van der Waals surface area contributed by atoms with E-state index in [1.54, 1.807) is 13.0 Å². The number of sulfonamides is 1. The normalized spacial score (nSPS) is 11.8. The maximum Gasteiger partial charge on any atom is 0.243 e. The Bertz CT molecular complexity index is 541. The van der Waals surface area contributed by atoms with Crippen molar-refractivity contribution in [1.82, 2.24) is 4.31 Å². The third-order valence-corrected chi connectivity index (χ3v) is 4.66. The second-order valence-electron chi connectivity index (χ2n) is 3.71. The van der Waals surface area contributed by atoms with E-state index in [1.807, 2.05) is 0 Å². The standard InChI is InChI=1S/C11H15ClN2O2S/c1-4-5-14(3)17(15,16)11-7-10(13)9(12)6-8(11)2/h4,6-7H,1,5,13H2,2-3H3. The van der Waals surface area contributed by atoms with Crippen LogP contribution in [-0.4, -0.2) is 26.3 Å². The first-order valence-electron chi connectivity index (χ1n) is 4.93. The van der Waals surface area contributed by atoms with Crippen LogP contribution >= 0.6 is 11.6 Å². The van der Waals surface area contributed by atoms with Crippen molar-refractivity contribution in [1.29, 1.82) is 0 Å². The van der Waals surface area contributed by atoms with Gasteiger partial charge in [0.05, 0.1) is 15.6 Å². The highest BCUT2D eigenvalue weighted by Crippen LogP contribution is 2.27. The lowest BCUT2D eigenvalue weighted by Crippen LogP contribution is -2.27. The van der Waals surface area contributed by atoms with Crippen molar-refractivity contribution in [3.05, 3.63) is 35.4 Å². The molecule has 0 unspecified atom stereocenters. The molecule has 0 saturated heterocycles. The van der Waals surface area contributed by atoms with Gasteiger partial charge in [-0.3, -0.25) is 0 Å². The van der Waals surface area contributed by atoms with Gasteiger partial charge in [0.1, 0.15) is 0 Å². The molecule has 0 fully saturated rings. The first kappa shape index (κ1) is 14.0. The van der Waals surface area contributed by atoms with Gasteiger partial charge in [0.2, 0.25) is 10.0 Å². The Hall–Kier alpha value is -1.04. The Morgan fingerprint density at radius 2 is 2.12 bits per heavy atom. The quantitative estimate of drug-likeness (QED) is 0.675. The molecule has 17 heavy (non-hydrogen) atoms. The van der Waals surface area contributed by atoms with Crippen LogP contribution in [0.3, 0.4) is 0 Å². The molecule has 0 radical (unpaired) electrons. The minimum atomic E-state index is -3.55. The van der Waals surface area contributed by atoms with Crippen LogP contribution in [0.4, 0.5) is 5.69 Å². The van der Waals surface area contributed by atoms with Crippen molar-refractivity contribution in [3.8, 4) is 0 Å². The lowest BCUT2D eigenvalue weighted by atomic mass is 10.2. The molecule has 0 spiro atoms. The van der Waals surface area contributed by atoms with Crippen LogP contribution in [0.25, 0.3) is 0 Å². The number of nitrogens with two attached hydrogens (primary N) is 1. The molecule has 1 rings (SSSR count). The van der Waals surface area contributed by atoms with Gasteiger partial charge in [-0.2, -0.15) is 4.31 Å². The largest absolute Gasteiger partial charge is 0.397 e. The van der Waals surface area contributed by atoms with Crippen LogP contribution in [0, 0.1) is 6.92 Å². The summed E-state index contributed by atoms with van der Waals surface area (Å²) in [5.41, 5.74) is 6.45. The van der Waals surface area contributed by atoms with E-state index in [0.717, 1.165) is 0 Å². The second kappa shape index (κ2) is 5.08. The van der Waals surface area contributed by atoms with Crippen LogP contribution in [0.1, 0.15) is 5.56 Å². The van der Waals surface area contributed by atoms with Gasteiger partial charge in [-0.15, -0.1) is 6.58 Å². The molecule has 0 aliphatic rings. The van der Waals surface area contributed by atoms with E-state index in [-0.39, 0.29) is 17.1 Å². The molecular formula is C11H15ClN2O2S. The number of nitrogens with zero attached hydrogens (tertiary/aromatic N) is 1. The average Bonchev–Trinajstić information content (AvgIpc) is 2.23. The predicted octanol–water partition coefficient (Wildman–Crippen LogP) is 2.04. The van der Waals surface area contributed by atoms with Gasteiger partial charge in [0, 0.05) is 13.6 Å². The molecule has 1 aromatic carbocycles. The lowest BCUT2D eigenvalue weighted by Gasteiger charge is -2.17. The predicted molar refractivity (Wildman–Crippen MR) is 70.6 cm³/mol. The molecule has 0 saturated carbocycles. The number of nitrogen functional groups attached to an aromatic ring is 1. The van der Waals surface area contributed by atoms with Gasteiger partial charge in [-0.05, 0) is 24.6 Å². The molecule has 6 heteroatoms. The first-order chi connectivity index (χ1) is 7.80. The molecule has 2 N–H and O–H groups in total. The van der Waals surface area contributed by atoms with E-state index in [9.17, 15) is 8.42 Å². The molecule has 4 nitrogen and oxygen atoms in total.